The SMILES string of the molecule is CC(O)CN=C(N)NCC1CCCO1. The minimum atomic E-state index is -0.446. The van der Waals surface area contributed by atoms with Gasteiger partial charge in [0.05, 0.1) is 18.8 Å². The number of hydrogen-bond acceptors (Lipinski definition) is 3. The molecule has 1 rings (SSSR count). The lowest BCUT2D eigenvalue weighted by Crippen LogP contribution is -2.37. The first-order chi connectivity index (χ1) is 6.68. The highest BCUT2D eigenvalue weighted by Gasteiger charge is 2.14. The molecular weight excluding hydrogens is 182 g/mol. The van der Waals surface area contributed by atoms with Gasteiger partial charge in [-0.05, 0) is 19.8 Å². The van der Waals surface area contributed by atoms with Crippen LogP contribution < -0.4 is 11.1 Å². The van der Waals surface area contributed by atoms with Crippen LogP contribution in [-0.4, -0.2) is 43.0 Å². The van der Waals surface area contributed by atoms with E-state index in [4.69, 9.17) is 15.6 Å². The molecule has 82 valence electrons. The van der Waals surface area contributed by atoms with E-state index in [0.717, 1.165) is 19.4 Å². The molecule has 2 unspecified atom stereocenters. The monoisotopic (exact) mass is 201 g/mol. The fourth-order valence-electron chi connectivity index (χ4n) is 1.31. The topological polar surface area (TPSA) is 79.9 Å². The van der Waals surface area contributed by atoms with Crippen LogP contribution in [0.15, 0.2) is 4.99 Å². The molecular formula is C9H19N3O2. The van der Waals surface area contributed by atoms with Gasteiger partial charge < -0.3 is 20.9 Å². The highest BCUT2D eigenvalue weighted by molar-refractivity contribution is 5.77. The molecule has 5 nitrogen and oxygen atoms in total. The molecule has 1 saturated heterocycles. The van der Waals surface area contributed by atoms with Gasteiger partial charge in [0, 0.05) is 13.2 Å². The third-order valence-corrected chi connectivity index (χ3v) is 2.06. The zero-order valence-electron chi connectivity index (χ0n) is 8.57. The van der Waals surface area contributed by atoms with Gasteiger partial charge in [0.1, 0.15) is 0 Å². The molecule has 0 aromatic carbocycles. The molecule has 5 heteroatoms. The third-order valence-electron chi connectivity index (χ3n) is 2.06. The molecule has 1 fully saturated rings. The second-order valence-corrected chi connectivity index (χ2v) is 3.59. The second kappa shape index (κ2) is 5.82. The Balaban J connectivity index is 2.12. The van der Waals surface area contributed by atoms with E-state index in [0.29, 0.717) is 19.0 Å². The van der Waals surface area contributed by atoms with Crippen molar-refractivity contribution in [3.05, 3.63) is 0 Å². The smallest absolute Gasteiger partial charge is 0.188 e. The second-order valence-electron chi connectivity index (χ2n) is 3.59. The van der Waals surface area contributed by atoms with Crippen molar-refractivity contribution in [3.63, 3.8) is 0 Å². The summed E-state index contributed by atoms with van der Waals surface area (Å²) in [5.74, 6) is 0.376. The van der Waals surface area contributed by atoms with E-state index in [2.05, 4.69) is 10.3 Å². The minimum absolute atomic E-state index is 0.260. The molecule has 0 aliphatic carbocycles. The Labute approximate surface area is 84.3 Å². The normalized spacial score (nSPS) is 25.0. The molecule has 1 aliphatic heterocycles. The molecule has 0 radical (unpaired) electrons. The Morgan fingerprint density at radius 1 is 1.79 bits per heavy atom. The number of hydrogen-bond donors (Lipinski definition) is 3. The first-order valence-corrected chi connectivity index (χ1v) is 5.02. The van der Waals surface area contributed by atoms with E-state index in [1.165, 1.54) is 0 Å². The molecule has 4 N–H and O–H groups in total. The van der Waals surface area contributed by atoms with Crippen LogP contribution in [0, 0.1) is 0 Å². The number of aliphatic hydroxyl groups is 1. The molecule has 1 heterocycles. The Morgan fingerprint density at radius 2 is 2.57 bits per heavy atom. The maximum atomic E-state index is 8.97. The number of guanidine groups is 1. The van der Waals surface area contributed by atoms with E-state index in [9.17, 15) is 0 Å². The summed E-state index contributed by atoms with van der Waals surface area (Å²) in [7, 11) is 0. The van der Waals surface area contributed by atoms with Crippen LogP contribution >= 0.6 is 0 Å². The van der Waals surface area contributed by atoms with Gasteiger partial charge in [-0.3, -0.25) is 4.99 Å². The van der Waals surface area contributed by atoms with Crippen LogP contribution in [0.5, 0.6) is 0 Å². The Bertz CT molecular complexity index is 188. The maximum absolute atomic E-state index is 8.97. The van der Waals surface area contributed by atoms with Gasteiger partial charge >= 0.3 is 0 Å². The molecule has 1 aliphatic rings. The van der Waals surface area contributed by atoms with E-state index in [-0.39, 0.29) is 6.10 Å². The first-order valence-electron chi connectivity index (χ1n) is 5.02. The lowest BCUT2D eigenvalue weighted by Gasteiger charge is -2.11. The number of aliphatic imine (C=N–C) groups is 1. The number of aliphatic hydroxyl groups excluding tert-OH is 1. The molecule has 0 aromatic heterocycles. The minimum Gasteiger partial charge on any atom is -0.391 e. The van der Waals surface area contributed by atoms with Gasteiger partial charge in [-0.15, -0.1) is 0 Å². The zero-order valence-corrected chi connectivity index (χ0v) is 8.57. The van der Waals surface area contributed by atoms with Gasteiger partial charge in [0.2, 0.25) is 0 Å². The average Bonchev–Trinajstić information content (AvgIpc) is 2.63. The lowest BCUT2D eigenvalue weighted by atomic mass is 10.2. The number of nitrogens with two attached hydrogens (primary N) is 1. The summed E-state index contributed by atoms with van der Waals surface area (Å²) in [4.78, 5) is 3.96. The lowest BCUT2D eigenvalue weighted by molar-refractivity contribution is 0.114. The van der Waals surface area contributed by atoms with Crippen LogP contribution in [0.1, 0.15) is 19.8 Å². The fourth-order valence-corrected chi connectivity index (χ4v) is 1.31. The van der Waals surface area contributed by atoms with Crippen molar-refractivity contribution in [3.8, 4) is 0 Å². The van der Waals surface area contributed by atoms with Crippen molar-refractivity contribution in [2.24, 2.45) is 10.7 Å². The van der Waals surface area contributed by atoms with Gasteiger partial charge in [0.25, 0.3) is 0 Å². The Kier molecular flexibility index (Phi) is 4.69. The molecule has 2 atom stereocenters. The predicted octanol–water partition coefficient (Wildman–Crippen LogP) is -0.549. The summed E-state index contributed by atoms with van der Waals surface area (Å²) < 4.78 is 5.41. The van der Waals surface area contributed by atoms with Crippen LogP contribution in [0.4, 0.5) is 0 Å². The van der Waals surface area contributed by atoms with Crippen LogP contribution in [-0.2, 0) is 4.74 Å². The summed E-state index contributed by atoms with van der Waals surface area (Å²) >= 11 is 0. The van der Waals surface area contributed by atoms with Gasteiger partial charge in [0.15, 0.2) is 5.96 Å². The van der Waals surface area contributed by atoms with Crippen LogP contribution in [0.25, 0.3) is 0 Å². The summed E-state index contributed by atoms with van der Waals surface area (Å²) in [6.07, 6.45) is 2.02. The molecule has 0 spiro atoms. The standard InChI is InChI=1S/C9H19N3O2/c1-7(13)5-11-9(10)12-6-8-3-2-4-14-8/h7-8,13H,2-6H2,1H3,(H3,10,11,12). The van der Waals surface area contributed by atoms with Crippen molar-refractivity contribution in [1.82, 2.24) is 5.32 Å². The van der Waals surface area contributed by atoms with E-state index in [1.807, 2.05) is 0 Å². The highest BCUT2D eigenvalue weighted by Crippen LogP contribution is 2.10. The summed E-state index contributed by atoms with van der Waals surface area (Å²) in [6, 6.07) is 0. The quantitative estimate of drug-likeness (QED) is 0.421. The fraction of sp³-hybridized carbons (Fsp3) is 0.889. The molecule has 0 bridgehead atoms. The highest BCUT2D eigenvalue weighted by atomic mass is 16.5. The van der Waals surface area contributed by atoms with E-state index >= 15 is 0 Å². The van der Waals surface area contributed by atoms with Gasteiger partial charge in [-0.2, -0.15) is 0 Å². The molecule has 0 amide bonds. The van der Waals surface area contributed by atoms with Crippen molar-refractivity contribution >= 4 is 5.96 Å². The van der Waals surface area contributed by atoms with Crippen molar-refractivity contribution in [1.29, 1.82) is 0 Å². The summed E-state index contributed by atoms with van der Waals surface area (Å²) in [5.41, 5.74) is 5.57. The van der Waals surface area contributed by atoms with Crippen molar-refractivity contribution in [2.75, 3.05) is 19.7 Å². The Morgan fingerprint density at radius 3 is 3.14 bits per heavy atom. The largest absolute Gasteiger partial charge is 0.391 e. The van der Waals surface area contributed by atoms with Crippen LogP contribution in [0.2, 0.25) is 0 Å². The number of ether oxygens (including phenoxy) is 1. The predicted molar refractivity (Wildman–Crippen MR) is 55.1 cm³/mol. The van der Waals surface area contributed by atoms with Gasteiger partial charge in [-0.1, -0.05) is 0 Å². The molecule has 14 heavy (non-hydrogen) atoms. The van der Waals surface area contributed by atoms with E-state index < -0.39 is 6.10 Å². The first kappa shape index (κ1) is 11.3. The average molecular weight is 201 g/mol. The third kappa shape index (κ3) is 4.43. The van der Waals surface area contributed by atoms with E-state index in [1.54, 1.807) is 6.92 Å². The molecule has 0 saturated carbocycles. The van der Waals surface area contributed by atoms with Gasteiger partial charge in [-0.25, -0.2) is 0 Å². The zero-order chi connectivity index (χ0) is 10.4. The molecule has 0 aromatic rings. The summed E-state index contributed by atoms with van der Waals surface area (Å²) in [5, 5.41) is 11.9. The van der Waals surface area contributed by atoms with Crippen molar-refractivity contribution in [2.45, 2.75) is 32.0 Å². The van der Waals surface area contributed by atoms with Crippen LogP contribution in [0.3, 0.4) is 0 Å². The maximum Gasteiger partial charge on any atom is 0.188 e. The Hall–Kier alpha value is -0.810. The number of rotatable bonds is 4. The van der Waals surface area contributed by atoms with Crippen molar-refractivity contribution < 1.29 is 9.84 Å². The summed E-state index contributed by atoms with van der Waals surface area (Å²) in [6.45, 7) is 3.56. The number of nitrogens with zero attached hydrogens (tertiary/aromatic N) is 1. The number of nitrogens with one attached hydrogen (secondary N) is 1.